The molecular formula is C25H21ClN4O5S. The van der Waals surface area contributed by atoms with Crippen LogP contribution in [0, 0.1) is 0 Å². The molecule has 184 valence electrons. The van der Waals surface area contributed by atoms with Crippen LogP contribution in [0.3, 0.4) is 0 Å². The van der Waals surface area contributed by atoms with Crippen LogP contribution in [0.5, 0.6) is 0 Å². The summed E-state index contributed by atoms with van der Waals surface area (Å²) in [4.78, 5) is 36.0. The number of halogens is 1. The second-order valence-corrected chi connectivity index (χ2v) is 11.0. The predicted octanol–water partition coefficient (Wildman–Crippen LogP) is 3.84. The van der Waals surface area contributed by atoms with Crippen molar-refractivity contribution in [3.63, 3.8) is 0 Å². The average molecular weight is 525 g/mol. The molecule has 2 aromatic carbocycles. The number of nitrogens with zero attached hydrogens (tertiary/aromatic N) is 4. The quantitative estimate of drug-likeness (QED) is 0.390. The Kier molecular flexibility index (Phi) is 5.85. The predicted molar refractivity (Wildman–Crippen MR) is 133 cm³/mol. The van der Waals surface area contributed by atoms with Gasteiger partial charge in [-0.25, -0.2) is 14.8 Å². The van der Waals surface area contributed by atoms with Crippen LogP contribution in [-0.4, -0.2) is 54.2 Å². The summed E-state index contributed by atoms with van der Waals surface area (Å²) >= 11 is 5.98. The zero-order valence-corrected chi connectivity index (χ0v) is 20.6. The summed E-state index contributed by atoms with van der Waals surface area (Å²) < 4.78 is 26.1. The number of fused-ring (bicyclic) bond motifs is 2. The summed E-state index contributed by atoms with van der Waals surface area (Å²) in [7, 11) is -1.47. The van der Waals surface area contributed by atoms with E-state index in [1.54, 1.807) is 35.4 Å². The molecule has 36 heavy (non-hydrogen) atoms. The second kappa shape index (κ2) is 9.18. The number of aromatic nitrogens is 3. The maximum Gasteiger partial charge on any atom is 0.410 e. The van der Waals surface area contributed by atoms with Crippen molar-refractivity contribution in [3.05, 3.63) is 76.3 Å². The van der Waals surface area contributed by atoms with E-state index in [1.807, 2.05) is 12.1 Å². The lowest BCUT2D eigenvalue weighted by Crippen LogP contribution is -2.44. The molecule has 6 rings (SSSR count). The van der Waals surface area contributed by atoms with Gasteiger partial charge < -0.3 is 14.1 Å². The third-order valence-electron chi connectivity index (χ3n) is 6.71. The van der Waals surface area contributed by atoms with Crippen molar-refractivity contribution in [1.29, 1.82) is 0 Å². The molecule has 3 atom stereocenters. The van der Waals surface area contributed by atoms with Gasteiger partial charge in [-0.3, -0.25) is 13.6 Å². The molecule has 0 spiro atoms. The van der Waals surface area contributed by atoms with Gasteiger partial charge in [0, 0.05) is 22.4 Å². The summed E-state index contributed by atoms with van der Waals surface area (Å²) in [5.41, 5.74) is 1.73. The second-order valence-electron chi connectivity index (χ2n) is 8.90. The smallest absolute Gasteiger partial charge is 0.410 e. The third kappa shape index (κ3) is 4.10. The van der Waals surface area contributed by atoms with Crippen LogP contribution in [0.1, 0.15) is 18.4 Å². The van der Waals surface area contributed by atoms with Gasteiger partial charge in [0.1, 0.15) is 6.61 Å². The fourth-order valence-electron chi connectivity index (χ4n) is 4.83. The highest BCUT2D eigenvalue weighted by Gasteiger charge is 2.40. The van der Waals surface area contributed by atoms with Gasteiger partial charge in [0.05, 0.1) is 51.7 Å². The SMILES string of the molecule is O=C1OC[C@@H]2C[C@@H](S(=O)c3cc4c(=O)n(Cc5ccc(Cl)cc5)cnc4cc3-c3cnco3)CCN12. The molecule has 9 nitrogen and oxygen atoms in total. The maximum atomic E-state index is 13.9. The van der Waals surface area contributed by atoms with Crippen LogP contribution < -0.4 is 5.56 Å². The first kappa shape index (κ1) is 22.9. The van der Waals surface area contributed by atoms with Gasteiger partial charge in [-0.05, 0) is 42.7 Å². The lowest BCUT2D eigenvalue weighted by atomic mass is 10.0. The van der Waals surface area contributed by atoms with E-state index in [-0.39, 0.29) is 22.9 Å². The standard InChI is InChI=1S/C25H21ClN4O5S/c26-16-3-1-15(2-4-16)11-29-13-28-21-8-20(22-10-27-14-35-22)23(9-19(21)24(29)31)36(33)18-5-6-30-17(7-18)12-34-25(30)32/h1-4,8-10,13-14,17-18H,5-7,11-12H2/t17-,18-,36?/m0/s1. The van der Waals surface area contributed by atoms with Crippen LogP contribution >= 0.6 is 11.6 Å². The number of piperidine rings is 1. The van der Waals surface area contributed by atoms with E-state index >= 15 is 0 Å². The largest absolute Gasteiger partial charge is 0.447 e. The molecule has 4 heterocycles. The molecule has 1 amide bonds. The molecule has 2 aliphatic heterocycles. The molecule has 0 N–H and O–H groups in total. The molecular weight excluding hydrogens is 504 g/mol. The fraction of sp³-hybridized carbons (Fsp3) is 0.280. The van der Waals surface area contributed by atoms with E-state index < -0.39 is 10.8 Å². The van der Waals surface area contributed by atoms with Crippen LogP contribution in [0.2, 0.25) is 5.02 Å². The number of hydrogen-bond donors (Lipinski definition) is 0. The van der Waals surface area contributed by atoms with Crippen molar-refractivity contribution in [3.8, 4) is 11.3 Å². The molecule has 4 aromatic rings. The van der Waals surface area contributed by atoms with E-state index in [1.165, 1.54) is 17.3 Å². The topological polar surface area (TPSA) is 108 Å². The molecule has 2 aromatic heterocycles. The number of cyclic esters (lactones) is 1. The van der Waals surface area contributed by atoms with Crippen molar-refractivity contribution < 1.29 is 18.2 Å². The van der Waals surface area contributed by atoms with E-state index in [2.05, 4.69) is 9.97 Å². The summed E-state index contributed by atoms with van der Waals surface area (Å²) in [6, 6.07) is 10.6. The van der Waals surface area contributed by atoms with Gasteiger partial charge in [0.15, 0.2) is 12.2 Å². The number of amides is 1. The summed E-state index contributed by atoms with van der Waals surface area (Å²) in [6.07, 6.45) is 5.18. The number of rotatable bonds is 5. The van der Waals surface area contributed by atoms with Gasteiger partial charge in [-0.2, -0.15) is 0 Å². The van der Waals surface area contributed by atoms with Crippen molar-refractivity contribution in [2.45, 2.75) is 35.6 Å². The third-order valence-corrected chi connectivity index (χ3v) is 8.77. The number of carbonyl (C=O) groups is 1. The first-order chi connectivity index (χ1) is 17.5. The van der Waals surface area contributed by atoms with E-state index in [4.69, 9.17) is 20.8 Å². The Bertz CT molecular complexity index is 1540. The molecule has 0 aliphatic carbocycles. The number of oxazole rings is 1. The summed E-state index contributed by atoms with van der Waals surface area (Å²) in [6.45, 7) is 1.12. The molecule has 2 saturated heterocycles. The van der Waals surface area contributed by atoms with E-state index in [0.29, 0.717) is 64.7 Å². The number of benzene rings is 2. The minimum atomic E-state index is -1.47. The fourth-order valence-corrected chi connectivity index (χ4v) is 6.64. The van der Waals surface area contributed by atoms with Crippen molar-refractivity contribution in [2.75, 3.05) is 13.2 Å². The minimum absolute atomic E-state index is 0.0901. The van der Waals surface area contributed by atoms with E-state index in [9.17, 15) is 13.8 Å². The lowest BCUT2D eigenvalue weighted by Gasteiger charge is -2.32. The summed E-state index contributed by atoms with van der Waals surface area (Å²) in [5, 5.41) is 0.789. The molecule has 2 fully saturated rings. The lowest BCUT2D eigenvalue weighted by molar-refractivity contribution is 0.154. The Balaban J connectivity index is 1.41. The number of ether oxygens (including phenoxy) is 1. The Morgan fingerprint density at radius 2 is 2.00 bits per heavy atom. The highest BCUT2D eigenvalue weighted by molar-refractivity contribution is 7.85. The maximum absolute atomic E-state index is 13.9. The first-order valence-electron chi connectivity index (χ1n) is 11.5. The molecule has 0 saturated carbocycles. The van der Waals surface area contributed by atoms with Crippen LogP contribution in [0.4, 0.5) is 4.79 Å². The minimum Gasteiger partial charge on any atom is -0.447 e. The van der Waals surface area contributed by atoms with Gasteiger partial charge in [0.25, 0.3) is 5.56 Å². The van der Waals surface area contributed by atoms with Gasteiger partial charge in [0.2, 0.25) is 0 Å². The van der Waals surface area contributed by atoms with Gasteiger partial charge in [-0.1, -0.05) is 23.7 Å². The zero-order chi connectivity index (χ0) is 24.8. The van der Waals surface area contributed by atoms with Crippen LogP contribution in [0.15, 0.2) is 69.4 Å². The number of hydrogen-bond acceptors (Lipinski definition) is 7. The Labute approximate surface area is 213 Å². The van der Waals surface area contributed by atoms with Crippen molar-refractivity contribution in [1.82, 2.24) is 19.4 Å². The first-order valence-corrected chi connectivity index (χ1v) is 13.1. The Hall–Kier alpha value is -3.50. The molecule has 11 heteroatoms. The highest BCUT2D eigenvalue weighted by atomic mass is 35.5. The van der Waals surface area contributed by atoms with Crippen molar-refractivity contribution in [2.24, 2.45) is 0 Å². The molecule has 0 radical (unpaired) electrons. The van der Waals surface area contributed by atoms with Crippen molar-refractivity contribution >= 4 is 39.4 Å². The Morgan fingerprint density at radius 3 is 2.78 bits per heavy atom. The van der Waals surface area contributed by atoms with Gasteiger partial charge >= 0.3 is 6.09 Å². The monoisotopic (exact) mass is 524 g/mol. The highest BCUT2D eigenvalue weighted by Crippen LogP contribution is 2.34. The van der Waals surface area contributed by atoms with Gasteiger partial charge in [-0.15, -0.1) is 0 Å². The zero-order valence-electron chi connectivity index (χ0n) is 19.0. The van der Waals surface area contributed by atoms with E-state index in [0.717, 1.165) is 5.56 Å². The summed E-state index contributed by atoms with van der Waals surface area (Å²) in [5.74, 6) is 0.448. The molecule has 2 aliphatic rings. The average Bonchev–Trinajstić information content (AvgIpc) is 3.56. The number of carbonyl (C=O) groups excluding carboxylic acids is 1. The normalized spacial score (nSPS) is 20.4. The van der Waals surface area contributed by atoms with Crippen LogP contribution in [0.25, 0.3) is 22.2 Å². The Morgan fingerprint density at radius 1 is 1.17 bits per heavy atom. The van der Waals surface area contributed by atoms with Crippen LogP contribution in [-0.2, 0) is 22.1 Å². The molecule has 1 unspecified atom stereocenters. The molecule has 0 bridgehead atoms.